The zero-order valence-electron chi connectivity index (χ0n) is 10.5. The maximum absolute atomic E-state index is 11.7. The molecular formula is C13H16N2O3. The van der Waals surface area contributed by atoms with Crippen LogP contribution in [0.5, 0.6) is 5.75 Å². The van der Waals surface area contributed by atoms with Gasteiger partial charge < -0.3 is 14.4 Å². The number of methoxy groups -OCH3 is 1. The number of hydrogen-bond acceptors (Lipinski definition) is 4. The number of rotatable bonds is 6. The Hall–Kier alpha value is -2.06. The topological polar surface area (TPSA) is 62.6 Å². The smallest absolute Gasteiger partial charge is 0.260 e. The van der Waals surface area contributed by atoms with Crippen molar-refractivity contribution in [2.75, 3.05) is 33.9 Å². The summed E-state index contributed by atoms with van der Waals surface area (Å²) >= 11 is 0. The summed E-state index contributed by atoms with van der Waals surface area (Å²) in [6.45, 7) is 0.911. The summed E-state index contributed by atoms with van der Waals surface area (Å²) in [5, 5.41) is 8.87. The molecule has 0 spiro atoms. The molecule has 0 saturated heterocycles. The molecule has 1 amide bonds. The van der Waals surface area contributed by atoms with E-state index in [1.165, 1.54) is 4.90 Å². The average molecular weight is 248 g/mol. The summed E-state index contributed by atoms with van der Waals surface area (Å²) in [6, 6.07) is 8.84. The van der Waals surface area contributed by atoms with Crippen LogP contribution >= 0.6 is 0 Å². The van der Waals surface area contributed by atoms with E-state index in [1.807, 2.05) is 6.07 Å². The summed E-state index contributed by atoms with van der Waals surface area (Å²) < 4.78 is 10.2. The second kappa shape index (κ2) is 7.30. The van der Waals surface area contributed by atoms with Gasteiger partial charge in [0.15, 0.2) is 6.61 Å². The average Bonchev–Trinajstić information content (AvgIpc) is 2.42. The van der Waals surface area contributed by atoms with Crippen LogP contribution in [0.3, 0.4) is 0 Å². The van der Waals surface area contributed by atoms with E-state index in [4.69, 9.17) is 14.7 Å². The largest absolute Gasteiger partial charge is 0.482 e. The first kappa shape index (κ1) is 14.0. The Labute approximate surface area is 107 Å². The third kappa shape index (κ3) is 4.07. The molecule has 96 valence electrons. The van der Waals surface area contributed by atoms with Gasteiger partial charge >= 0.3 is 0 Å². The summed E-state index contributed by atoms with van der Waals surface area (Å²) in [6.07, 6.45) is 0. The third-order valence-corrected chi connectivity index (χ3v) is 2.42. The maximum Gasteiger partial charge on any atom is 0.260 e. The SMILES string of the molecule is COCCN(C)C(=O)COc1ccccc1C#N. The lowest BCUT2D eigenvalue weighted by atomic mass is 10.2. The van der Waals surface area contributed by atoms with Gasteiger partial charge in [0.05, 0.1) is 12.2 Å². The van der Waals surface area contributed by atoms with E-state index < -0.39 is 0 Å². The number of carbonyl (C=O) groups excluding carboxylic acids is 1. The van der Waals surface area contributed by atoms with Crippen molar-refractivity contribution in [3.8, 4) is 11.8 Å². The van der Waals surface area contributed by atoms with Crippen LogP contribution in [0, 0.1) is 11.3 Å². The van der Waals surface area contributed by atoms with Gasteiger partial charge in [0, 0.05) is 20.7 Å². The van der Waals surface area contributed by atoms with E-state index in [2.05, 4.69) is 0 Å². The molecule has 5 heteroatoms. The molecule has 18 heavy (non-hydrogen) atoms. The molecule has 0 radical (unpaired) electrons. The van der Waals surface area contributed by atoms with Crippen LogP contribution in [-0.2, 0) is 9.53 Å². The van der Waals surface area contributed by atoms with Crippen molar-refractivity contribution in [3.05, 3.63) is 29.8 Å². The van der Waals surface area contributed by atoms with Gasteiger partial charge in [-0.1, -0.05) is 12.1 Å². The number of para-hydroxylation sites is 1. The number of amides is 1. The van der Waals surface area contributed by atoms with Gasteiger partial charge in [-0.15, -0.1) is 0 Å². The first-order chi connectivity index (χ1) is 8.69. The lowest BCUT2D eigenvalue weighted by molar-refractivity contribution is -0.132. The van der Waals surface area contributed by atoms with Crippen LogP contribution in [-0.4, -0.2) is 44.7 Å². The predicted octanol–water partition coefficient (Wildman–Crippen LogP) is 1.04. The summed E-state index contributed by atoms with van der Waals surface area (Å²) in [7, 11) is 3.26. The fourth-order valence-corrected chi connectivity index (χ4v) is 1.29. The van der Waals surface area contributed by atoms with Crippen molar-refractivity contribution in [1.29, 1.82) is 5.26 Å². The highest BCUT2D eigenvalue weighted by atomic mass is 16.5. The molecule has 0 N–H and O–H groups in total. The molecule has 0 bridgehead atoms. The number of hydrogen-bond donors (Lipinski definition) is 0. The van der Waals surface area contributed by atoms with Crippen molar-refractivity contribution >= 4 is 5.91 Å². The Bertz CT molecular complexity index is 440. The predicted molar refractivity (Wildman–Crippen MR) is 66.2 cm³/mol. The molecule has 0 aromatic heterocycles. The fourth-order valence-electron chi connectivity index (χ4n) is 1.29. The van der Waals surface area contributed by atoms with E-state index in [1.54, 1.807) is 38.4 Å². The highest BCUT2D eigenvalue weighted by Gasteiger charge is 2.10. The van der Waals surface area contributed by atoms with E-state index in [0.717, 1.165) is 0 Å². The Balaban J connectivity index is 2.50. The van der Waals surface area contributed by atoms with Crippen molar-refractivity contribution in [3.63, 3.8) is 0 Å². The lowest BCUT2D eigenvalue weighted by Gasteiger charge is -2.17. The van der Waals surface area contributed by atoms with Crippen molar-refractivity contribution in [2.24, 2.45) is 0 Å². The molecule has 5 nitrogen and oxygen atoms in total. The summed E-state index contributed by atoms with van der Waals surface area (Å²) in [4.78, 5) is 13.2. The van der Waals surface area contributed by atoms with Gasteiger partial charge in [-0.05, 0) is 12.1 Å². The van der Waals surface area contributed by atoms with Crippen molar-refractivity contribution in [2.45, 2.75) is 0 Å². The second-order valence-electron chi connectivity index (χ2n) is 3.70. The first-order valence-electron chi connectivity index (χ1n) is 5.54. The van der Waals surface area contributed by atoms with Crippen LogP contribution in [0.15, 0.2) is 24.3 Å². The summed E-state index contributed by atoms with van der Waals surface area (Å²) in [5.74, 6) is 0.272. The number of nitrogens with zero attached hydrogens (tertiary/aromatic N) is 2. The number of likely N-dealkylation sites (N-methyl/N-ethyl adjacent to an activating group) is 1. The number of benzene rings is 1. The van der Waals surface area contributed by atoms with Crippen LogP contribution in [0.4, 0.5) is 0 Å². The number of ether oxygens (including phenoxy) is 2. The van der Waals surface area contributed by atoms with Gasteiger partial charge in [0.25, 0.3) is 5.91 Å². The quantitative estimate of drug-likeness (QED) is 0.754. The van der Waals surface area contributed by atoms with Crippen LogP contribution in [0.2, 0.25) is 0 Å². The molecule has 0 aliphatic carbocycles. The van der Waals surface area contributed by atoms with E-state index in [0.29, 0.717) is 24.5 Å². The van der Waals surface area contributed by atoms with Gasteiger partial charge in [-0.2, -0.15) is 5.26 Å². The van der Waals surface area contributed by atoms with Gasteiger partial charge in [-0.25, -0.2) is 0 Å². The first-order valence-corrected chi connectivity index (χ1v) is 5.54. The van der Waals surface area contributed by atoms with Gasteiger partial charge in [0.2, 0.25) is 0 Å². The third-order valence-electron chi connectivity index (χ3n) is 2.42. The zero-order valence-corrected chi connectivity index (χ0v) is 10.5. The highest BCUT2D eigenvalue weighted by molar-refractivity contribution is 5.77. The molecular weight excluding hydrogens is 232 g/mol. The maximum atomic E-state index is 11.7. The van der Waals surface area contributed by atoms with E-state index in [9.17, 15) is 4.79 Å². The molecule has 1 rings (SSSR count). The molecule has 1 aromatic rings. The normalized spacial score (nSPS) is 9.61. The Morgan fingerprint density at radius 3 is 2.83 bits per heavy atom. The Morgan fingerprint density at radius 1 is 1.44 bits per heavy atom. The minimum atomic E-state index is -0.153. The Morgan fingerprint density at radius 2 is 2.17 bits per heavy atom. The van der Waals surface area contributed by atoms with E-state index >= 15 is 0 Å². The van der Waals surface area contributed by atoms with Gasteiger partial charge in [-0.3, -0.25) is 4.79 Å². The zero-order chi connectivity index (χ0) is 13.4. The van der Waals surface area contributed by atoms with Gasteiger partial charge in [0.1, 0.15) is 11.8 Å². The fraction of sp³-hybridized carbons (Fsp3) is 0.385. The monoisotopic (exact) mass is 248 g/mol. The molecule has 0 saturated carbocycles. The van der Waals surface area contributed by atoms with Crippen LogP contribution < -0.4 is 4.74 Å². The van der Waals surface area contributed by atoms with E-state index in [-0.39, 0.29) is 12.5 Å². The minimum Gasteiger partial charge on any atom is -0.482 e. The Kier molecular flexibility index (Phi) is 5.68. The van der Waals surface area contributed by atoms with Crippen LogP contribution in [0.25, 0.3) is 0 Å². The second-order valence-corrected chi connectivity index (χ2v) is 3.70. The molecule has 0 atom stereocenters. The minimum absolute atomic E-state index is 0.0844. The number of carbonyl (C=O) groups is 1. The molecule has 1 aromatic carbocycles. The molecule has 0 fully saturated rings. The molecule has 0 heterocycles. The summed E-state index contributed by atoms with van der Waals surface area (Å²) in [5.41, 5.74) is 0.421. The van der Waals surface area contributed by atoms with Crippen molar-refractivity contribution < 1.29 is 14.3 Å². The lowest BCUT2D eigenvalue weighted by Crippen LogP contribution is -2.33. The standard InChI is InChI=1S/C13H16N2O3/c1-15(7-8-17-2)13(16)10-18-12-6-4-3-5-11(12)9-14/h3-6H,7-8,10H2,1-2H3. The molecule has 0 aliphatic rings. The van der Waals surface area contributed by atoms with Crippen molar-refractivity contribution in [1.82, 2.24) is 4.90 Å². The van der Waals surface area contributed by atoms with Crippen LogP contribution in [0.1, 0.15) is 5.56 Å². The number of nitriles is 1. The molecule has 0 aliphatic heterocycles. The molecule has 0 unspecified atom stereocenters. The highest BCUT2D eigenvalue weighted by Crippen LogP contribution is 2.16.